The summed E-state index contributed by atoms with van der Waals surface area (Å²) in [7, 11) is 0. The number of carbonyl (C=O) groups is 1. The summed E-state index contributed by atoms with van der Waals surface area (Å²) >= 11 is 0. The number of hydrogen-bond acceptors (Lipinski definition) is 3. The summed E-state index contributed by atoms with van der Waals surface area (Å²) < 4.78 is 26.9. The van der Waals surface area contributed by atoms with Crippen molar-refractivity contribution in [3.8, 4) is 0 Å². The fraction of sp³-hybridized carbons (Fsp3) is 0.500. The van der Waals surface area contributed by atoms with Gasteiger partial charge in [0.05, 0.1) is 6.04 Å². The molecule has 2 aliphatic rings. The molecule has 0 radical (unpaired) electrons. The summed E-state index contributed by atoms with van der Waals surface area (Å²) in [6.45, 7) is 3.64. The molecule has 1 amide bonds. The van der Waals surface area contributed by atoms with Gasteiger partial charge in [0.15, 0.2) is 0 Å². The number of nitrogens with one attached hydrogen (secondary N) is 1. The molecule has 0 aliphatic carbocycles. The molecule has 1 N–H and O–H groups in total. The van der Waals surface area contributed by atoms with Gasteiger partial charge in [0, 0.05) is 24.6 Å². The van der Waals surface area contributed by atoms with Crippen LogP contribution in [-0.4, -0.2) is 30.2 Å². The highest BCUT2D eigenvalue weighted by Crippen LogP contribution is 2.33. The van der Waals surface area contributed by atoms with Gasteiger partial charge in [-0.25, -0.2) is 13.8 Å². The molecule has 1 aromatic carbocycles. The lowest BCUT2D eigenvalue weighted by Crippen LogP contribution is -2.43. The number of hydrazone groups is 1. The van der Waals surface area contributed by atoms with Gasteiger partial charge in [0.25, 0.3) is 0 Å². The number of carbonyl (C=O) groups excluding carboxylic acids is 1. The molecule has 2 aliphatic heterocycles. The fourth-order valence-corrected chi connectivity index (χ4v) is 3.22. The normalized spacial score (nSPS) is 28.1. The number of nitrogens with zero attached hydrogens (tertiary/aromatic N) is 2. The van der Waals surface area contributed by atoms with Gasteiger partial charge in [-0.2, -0.15) is 5.10 Å². The Hall–Kier alpha value is -1.82. The topological polar surface area (TPSA) is 44.7 Å². The Morgan fingerprint density at radius 1 is 1.32 bits per heavy atom. The summed E-state index contributed by atoms with van der Waals surface area (Å²) in [4.78, 5) is 12.8. The molecule has 4 nitrogen and oxygen atoms in total. The third-order valence-corrected chi connectivity index (χ3v) is 4.43. The van der Waals surface area contributed by atoms with E-state index in [1.165, 1.54) is 17.1 Å². The number of amides is 1. The van der Waals surface area contributed by atoms with E-state index in [0.29, 0.717) is 12.0 Å². The summed E-state index contributed by atoms with van der Waals surface area (Å²) in [5.41, 5.74) is 0.449. The second-order valence-electron chi connectivity index (χ2n) is 6.01. The molecule has 1 fully saturated rings. The quantitative estimate of drug-likeness (QED) is 0.912. The third kappa shape index (κ3) is 2.88. The SMILES string of the molecule is C[C@@H]1CNCC[C@@H]1C(=O)N1N=CCC1c1cc(F)cc(F)c1. The maximum absolute atomic E-state index is 13.4. The Labute approximate surface area is 128 Å². The second-order valence-corrected chi connectivity index (χ2v) is 6.01. The molecule has 0 bridgehead atoms. The predicted octanol–water partition coefficient (Wildman–Crippen LogP) is 2.47. The number of rotatable bonds is 2. The number of benzene rings is 1. The monoisotopic (exact) mass is 307 g/mol. The van der Waals surface area contributed by atoms with Crippen LogP contribution in [0.3, 0.4) is 0 Å². The van der Waals surface area contributed by atoms with Gasteiger partial charge in [-0.15, -0.1) is 0 Å². The molecule has 0 aromatic heterocycles. The zero-order valence-corrected chi connectivity index (χ0v) is 12.4. The Balaban J connectivity index is 1.83. The maximum Gasteiger partial charge on any atom is 0.246 e. The third-order valence-electron chi connectivity index (χ3n) is 4.43. The Morgan fingerprint density at radius 2 is 2.05 bits per heavy atom. The molecule has 1 aromatic rings. The standard InChI is InChI=1S/C16H19F2N3O/c1-10-9-19-4-2-14(10)16(22)21-15(3-5-20-21)11-6-12(17)8-13(18)7-11/h5-8,10,14-15,19H,2-4,9H2,1H3/t10-,14+,15?/m1/s1. The highest BCUT2D eigenvalue weighted by atomic mass is 19.1. The van der Waals surface area contributed by atoms with E-state index in [9.17, 15) is 13.6 Å². The van der Waals surface area contributed by atoms with E-state index < -0.39 is 17.7 Å². The molecular formula is C16H19F2N3O. The van der Waals surface area contributed by atoms with Gasteiger partial charge in [-0.05, 0) is 43.1 Å². The zero-order valence-electron chi connectivity index (χ0n) is 12.4. The Kier molecular flexibility index (Phi) is 4.20. The molecule has 2 heterocycles. The first-order valence-corrected chi connectivity index (χ1v) is 7.58. The van der Waals surface area contributed by atoms with Crippen LogP contribution < -0.4 is 5.32 Å². The van der Waals surface area contributed by atoms with Crippen molar-refractivity contribution in [2.45, 2.75) is 25.8 Å². The Bertz CT molecular complexity index is 585. The Morgan fingerprint density at radius 3 is 2.73 bits per heavy atom. The van der Waals surface area contributed by atoms with Crippen LogP contribution in [-0.2, 0) is 4.79 Å². The summed E-state index contributed by atoms with van der Waals surface area (Å²) in [5, 5.41) is 8.82. The number of piperidine rings is 1. The van der Waals surface area contributed by atoms with Gasteiger partial charge in [-0.3, -0.25) is 4.79 Å². The van der Waals surface area contributed by atoms with Crippen molar-refractivity contribution in [3.63, 3.8) is 0 Å². The molecular weight excluding hydrogens is 288 g/mol. The average Bonchev–Trinajstić information content (AvgIpc) is 2.95. The van der Waals surface area contributed by atoms with Gasteiger partial charge in [0.2, 0.25) is 5.91 Å². The van der Waals surface area contributed by atoms with Crippen molar-refractivity contribution in [2.75, 3.05) is 13.1 Å². The minimum atomic E-state index is -0.635. The van der Waals surface area contributed by atoms with Crippen LogP contribution >= 0.6 is 0 Å². The first kappa shape index (κ1) is 15.1. The van der Waals surface area contributed by atoms with E-state index in [-0.39, 0.29) is 17.7 Å². The van der Waals surface area contributed by atoms with Gasteiger partial charge >= 0.3 is 0 Å². The van der Waals surface area contributed by atoms with Crippen LogP contribution in [0.5, 0.6) is 0 Å². The van der Waals surface area contributed by atoms with E-state index in [2.05, 4.69) is 10.4 Å². The lowest BCUT2D eigenvalue weighted by Gasteiger charge is -2.32. The van der Waals surface area contributed by atoms with Crippen molar-refractivity contribution in [2.24, 2.45) is 16.9 Å². The van der Waals surface area contributed by atoms with E-state index in [0.717, 1.165) is 25.6 Å². The molecule has 1 unspecified atom stereocenters. The molecule has 118 valence electrons. The van der Waals surface area contributed by atoms with E-state index >= 15 is 0 Å². The van der Waals surface area contributed by atoms with Crippen molar-refractivity contribution in [3.05, 3.63) is 35.4 Å². The highest BCUT2D eigenvalue weighted by molar-refractivity contribution is 5.82. The predicted molar refractivity (Wildman–Crippen MR) is 79.2 cm³/mol. The van der Waals surface area contributed by atoms with Crippen LogP contribution in [0.25, 0.3) is 0 Å². The van der Waals surface area contributed by atoms with Crippen molar-refractivity contribution in [1.29, 1.82) is 0 Å². The lowest BCUT2D eigenvalue weighted by molar-refractivity contribution is -0.139. The number of halogens is 2. The van der Waals surface area contributed by atoms with Crippen molar-refractivity contribution in [1.82, 2.24) is 10.3 Å². The molecule has 3 rings (SSSR count). The van der Waals surface area contributed by atoms with E-state index in [1.807, 2.05) is 6.92 Å². The van der Waals surface area contributed by atoms with E-state index in [1.54, 1.807) is 6.21 Å². The molecule has 3 atom stereocenters. The summed E-state index contributed by atoms with van der Waals surface area (Å²) in [6.07, 6.45) is 2.88. The van der Waals surface area contributed by atoms with Crippen LogP contribution in [0, 0.1) is 23.5 Å². The maximum atomic E-state index is 13.4. The van der Waals surface area contributed by atoms with Crippen molar-refractivity contribution < 1.29 is 13.6 Å². The highest BCUT2D eigenvalue weighted by Gasteiger charge is 2.36. The van der Waals surface area contributed by atoms with Crippen LogP contribution in [0.15, 0.2) is 23.3 Å². The van der Waals surface area contributed by atoms with Crippen LogP contribution in [0.2, 0.25) is 0 Å². The molecule has 1 saturated heterocycles. The molecule has 0 spiro atoms. The lowest BCUT2D eigenvalue weighted by atomic mass is 9.86. The second kappa shape index (κ2) is 6.12. The molecule has 6 heteroatoms. The van der Waals surface area contributed by atoms with E-state index in [4.69, 9.17) is 0 Å². The largest absolute Gasteiger partial charge is 0.316 e. The zero-order chi connectivity index (χ0) is 15.7. The first-order valence-electron chi connectivity index (χ1n) is 7.58. The summed E-state index contributed by atoms with van der Waals surface area (Å²) in [6, 6.07) is 2.96. The average molecular weight is 307 g/mol. The van der Waals surface area contributed by atoms with Crippen LogP contribution in [0.4, 0.5) is 8.78 Å². The van der Waals surface area contributed by atoms with Crippen LogP contribution in [0.1, 0.15) is 31.4 Å². The van der Waals surface area contributed by atoms with Gasteiger partial charge in [0.1, 0.15) is 11.6 Å². The summed E-state index contributed by atoms with van der Waals surface area (Å²) in [5.74, 6) is -1.20. The smallest absolute Gasteiger partial charge is 0.246 e. The van der Waals surface area contributed by atoms with Crippen molar-refractivity contribution >= 4 is 12.1 Å². The number of hydrogen-bond donors (Lipinski definition) is 1. The molecule has 22 heavy (non-hydrogen) atoms. The van der Waals surface area contributed by atoms with Gasteiger partial charge < -0.3 is 5.32 Å². The first-order chi connectivity index (χ1) is 10.6. The minimum absolute atomic E-state index is 0.0579. The van der Waals surface area contributed by atoms with Gasteiger partial charge in [-0.1, -0.05) is 6.92 Å². The molecule has 0 saturated carbocycles. The minimum Gasteiger partial charge on any atom is -0.316 e. The fourth-order valence-electron chi connectivity index (χ4n) is 3.22.